The number of nitrogens with one attached hydrogen (secondary N) is 1. The van der Waals surface area contributed by atoms with Gasteiger partial charge in [0.2, 0.25) is 0 Å². The van der Waals surface area contributed by atoms with E-state index in [0.717, 1.165) is 21.0 Å². The molecule has 0 aromatic heterocycles. The minimum Gasteiger partial charge on any atom is -0.365 e. The predicted octanol–water partition coefficient (Wildman–Crippen LogP) is 2.99. The Kier molecular flexibility index (Phi) is 4.00. The van der Waals surface area contributed by atoms with Crippen LogP contribution >= 0.6 is 39.9 Å². The average Bonchev–Trinajstić information content (AvgIpc) is 2.68. The maximum atomic E-state index is 5.10. The zero-order chi connectivity index (χ0) is 11.5. The van der Waals surface area contributed by atoms with Gasteiger partial charge in [-0.1, -0.05) is 34.2 Å². The first-order valence-electron chi connectivity index (χ1n) is 4.84. The molecule has 84 valence electrons. The summed E-state index contributed by atoms with van der Waals surface area (Å²) in [4.78, 5) is 4.52. The summed E-state index contributed by atoms with van der Waals surface area (Å²) >= 11 is 10.1. The topological polar surface area (TPSA) is 24.4 Å². The standard InChI is InChI=1S/C11H11BrN2S2/c1-16-11(15)14-6-10-9-4-8(12)3-2-7(9)5-13-10/h2-4H,5-6H2,1H3,(H,14,15). The van der Waals surface area contributed by atoms with Crippen LogP contribution in [0.1, 0.15) is 11.1 Å². The molecule has 0 radical (unpaired) electrons. The maximum absolute atomic E-state index is 5.10. The van der Waals surface area contributed by atoms with E-state index >= 15 is 0 Å². The number of rotatable bonds is 2. The van der Waals surface area contributed by atoms with Crippen molar-refractivity contribution in [1.29, 1.82) is 0 Å². The Hall–Kier alpha value is -0.390. The second-order valence-corrected chi connectivity index (χ2v) is 5.81. The molecule has 0 aliphatic carbocycles. The quantitative estimate of drug-likeness (QED) is 0.849. The molecule has 1 aliphatic rings. The normalized spacial score (nSPS) is 13.2. The number of halogens is 1. The van der Waals surface area contributed by atoms with Gasteiger partial charge in [0.05, 0.1) is 18.8 Å². The molecule has 5 heteroatoms. The number of hydrogen-bond donors (Lipinski definition) is 1. The molecule has 1 aromatic rings. The minimum atomic E-state index is 0.711. The third kappa shape index (κ3) is 2.64. The fourth-order valence-corrected chi connectivity index (χ4v) is 2.25. The van der Waals surface area contributed by atoms with Crippen LogP contribution in [-0.4, -0.2) is 22.8 Å². The lowest BCUT2D eigenvalue weighted by Gasteiger charge is -2.07. The molecular weight excluding hydrogens is 304 g/mol. The van der Waals surface area contributed by atoms with Crippen molar-refractivity contribution in [3.63, 3.8) is 0 Å². The van der Waals surface area contributed by atoms with Gasteiger partial charge in [0.15, 0.2) is 0 Å². The van der Waals surface area contributed by atoms with Crippen LogP contribution in [0.25, 0.3) is 0 Å². The van der Waals surface area contributed by atoms with Gasteiger partial charge < -0.3 is 5.32 Å². The van der Waals surface area contributed by atoms with E-state index < -0.39 is 0 Å². The molecule has 1 heterocycles. The van der Waals surface area contributed by atoms with Crippen LogP contribution in [0.2, 0.25) is 0 Å². The van der Waals surface area contributed by atoms with Crippen LogP contribution in [-0.2, 0) is 6.54 Å². The van der Waals surface area contributed by atoms with Gasteiger partial charge in [0.25, 0.3) is 0 Å². The Bertz CT molecular complexity index is 457. The van der Waals surface area contributed by atoms with E-state index in [2.05, 4.69) is 44.4 Å². The maximum Gasteiger partial charge on any atom is 0.133 e. The third-order valence-corrected chi connectivity index (χ3v) is 4.06. The van der Waals surface area contributed by atoms with Crippen LogP contribution in [0, 0.1) is 0 Å². The monoisotopic (exact) mass is 314 g/mol. The Morgan fingerprint density at radius 3 is 3.19 bits per heavy atom. The number of hydrogen-bond acceptors (Lipinski definition) is 3. The van der Waals surface area contributed by atoms with Crippen LogP contribution in [0.4, 0.5) is 0 Å². The minimum absolute atomic E-state index is 0.711. The third-order valence-electron chi connectivity index (χ3n) is 2.41. The van der Waals surface area contributed by atoms with Crippen molar-refractivity contribution in [2.75, 3.05) is 12.8 Å². The Morgan fingerprint density at radius 1 is 1.62 bits per heavy atom. The van der Waals surface area contributed by atoms with E-state index in [1.165, 1.54) is 11.1 Å². The molecule has 0 bridgehead atoms. The van der Waals surface area contributed by atoms with E-state index in [9.17, 15) is 0 Å². The van der Waals surface area contributed by atoms with E-state index in [4.69, 9.17) is 12.2 Å². The summed E-state index contributed by atoms with van der Waals surface area (Å²) in [7, 11) is 0. The van der Waals surface area contributed by atoms with Crippen molar-refractivity contribution in [2.45, 2.75) is 6.54 Å². The van der Waals surface area contributed by atoms with E-state index in [1.54, 1.807) is 11.8 Å². The summed E-state index contributed by atoms with van der Waals surface area (Å²) in [6.07, 6.45) is 1.97. The number of aliphatic imine (C=N–C) groups is 1. The van der Waals surface area contributed by atoms with E-state index in [0.29, 0.717) is 6.54 Å². The van der Waals surface area contributed by atoms with Gasteiger partial charge in [0.1, 0.15) is 4.32 Å². The molecule has 0 spiro atoms. The summed E-state index contributed by atoms with van der Waals surface area (Å²) in [5.74, 6) is 0. The van der Waals surface area contributed by atoms with Crippen LogP contribution in [0.3, 0.4) is 0 Å². The van der Waals surface area contributed by atoms with Gasteiger partial charge in [0, 0.05) is 10.0 Å². The molecule has 1 aromatic carbocycles. The average molecular weight is 315 g/mol. The van der Waals surface area contributed by atoms with Crippen molar-refractivity contribution < 1.29 is 0 Å². The van der Waals surface area contributed by atoms with Crippen LogP contribution in [0.15, 0.2) is 27.7 Å². The SMILES string of the molecule is CSC(=S)NCC1=NCc2ccc(Br)cc21. The smallest absolute Gasteiger partial charge is 0.133 e. The molecule has 0 fully saturated rings. The van der Waals surface area contributed by atoms with Crippen LogP contribution in [0.5, 0.6) is 0 Å². The molecular formula is C11H11BrN2S2. The van der Waals surface area contributed by atoms with E-state index in [-0.39, 0.29) is 0 Å². The Morgan fingerprint density at radius 2 is 2.44 bits per heavy atom. The molecule has 0 saturated heterocycles. The number of thioether (sulfide) groups is 1. The number of nitrogens with zero attached hydrogens (tertiary/aromatic N) is 1. The molecule has 2 rings (SSSR count). The summed E-state index contributed by atoms with van der Waals surface area (Å²) in [6, 6.07) is 6.28. The number of benzene rings is 1. The molecule has 0 amide bonds. The summed E-state index contributed by atoms with van der Waals surface area (Å²) in [5, 5.41) is 3.18. The summed E-state index contributed by atoms with van der Waals surface area (Å²) < 4.78 is 1.90. The van der Waals surface area contributed by atoms with Crippen molar-refractivity contribution >= 4 is 49.9 Å². The van der Waals surface area contributed by atoms with Gasteiger partial charge in [-0.3, -0.25) is 4.99 Å². The second kappa shape index (κ2) is 5.29. The lowest BCUT2D eigenvalue weighted by atomic mass is 10.1. The highest BCUT2D eigenvalue weighted by Gasteiger charge is 2.15. The highest BCUT2D eigenvalue weighted by molar-refractivity contribution is 9.10. The first kappa shape index (κ1) is 12.1. The summed E-state index contributed by atoms with van der Waals surface area (Å²) in [5.41, 5.74) is 3.61. The van der Waals surface area contributed by atoms with Crippen molar-refractivity contribution in [3.05, 3.63) is 33.8 Å². The fraction of sp³-hybridized carbons (Fsp3) is 0.273. The van der Waals surface area contributed by atoms with Gasteiger partial charge in [-0.2, -0.15) is 0 Å². The van der Waals surface area contributed by atoms with Crippen molar-refractivity contribution in [2.24, 2.45) is 4.99 Å². The fourth-order valence-electron chi connectivity index (χ4n) is 1.60. The lowest BCUT2D eigenvalue weighted by molar-refractivity contribution is 1.08. The van der Waals surface area contributed by atoms with Gasteiger partial charge in [-0.15, -0.1) is 11.8 Å². The Labute approximate surface area is 113 Å². The number of thiocarbonyl (C=S) groups is 1. The first-order valence-corrected chi connectivity index (χ1v) is 7.27. The van der Waals surface area contributed by atoms with E-state index in [1.807, 2.05) is 6.26 Å². The zero-order valence-electron chi connectivity index (χ0n) is 8.79. The summed E-state index contributed by atoms with van der Waals surface area (Å²) in [6.45, 7) is 1.49. The molecule has 0 unspecified atom stereocenters. The first-order chi connectivity index (χ1) is 7.70. The lowest BCUT2D eigenvalue weighted by Crippen LogP contribution is -2.25. The number of fused-ring (bicyclic) bond motifs is 1. The van der Waals surface area contributed by atoms with Crippen molar-refractivity contribution in [1.82, 2.24) is 5.32 Å². The zero-order valence-corrected chi connectivity index (χ0v) is 12.0. The predicted molar refractivity (Wildman–Crippen MR) is 78.5 cm³/mol. The second-order valence-electron chi connectivity index (χ2n) is 3.41. The largest absolute Gasteiger partial charge is 0.365 e. The van der Waals surface area contributed by atoms with Gasteiger partial charge in [-0.25, -0.2) is 0 Å². The van der Waals surface area contributed by atoms with Gasteiger partial charge in [-0.05, 0) is 24.0 Å². The molecule has 1 aliphatic heterocycles. The van der Waals surface area contributed by atoms with Gasteiger partial charge >= 0.3 is 0 Å². The molecule has 0 atom stereocenters. The molecule has 2 nitrogen and oxygen atoms in total. The molecule has 16 heavy (non-hydrogen) atoms. The highest BCUT2D eigenvalue weighted by Crippen LogP contribution is 2.22. The highest BCUT2D eigenvalue weighted by atomic mass is 79.9. The Balaban J connectivity index is 2.10. The van der Waals surface area contributed by atoms with Crippen LogP contribution < -0.4 is 5.32 Å². The van der Waals surface area contributed by atoms with Crippen molar-refractivity contribution in [3.8, 4) is 0 Å². The molecule has 0 saturated carbocycles. The molecule has 1 N–H and O–H groups in total.